The van der Waals surface area contributed by atoms with Gasteiger partial charge in [-0.3, -0.25) is 14.5 Å². The van der Waals surface area contributed by atoms with Gasteiger partial charge in [-0.15, -0.1) is 0 Å². The monoisotopic (exact) mass is 420 g/mol. The van der Waals surface area contributed by atoms with Gasteiger partial charge in [-0.1, -0.05) is 30.3 Å². The van der Waals surface area contributed by atoms with Crippen LogP contribution in [0.3, 0.4) is 0 Å². The lowest BCUT2D eigenvalue weighted by atomic mass is 10.1. The summed E-state index contributed by atoms with van der Waals surface area (Å²) >= 11 is 0. The molecule has 0 atom stereocenters. The minimum absolute atomic E-state index is 0.0107. The van der Waals surface area contributed by atoms with Crippen molar-refractivity contribution in [1.82, 2.24) is 14.8 Å². The van der Waals surface area contributed by atoms with E-state index >= 15 is 0 Å². The highest BCUT2D eigenvalue weighted by molar-refractivity contribution is 6.06. The quantitative estimate of drug-likeness (QED) is 0.616. The van der Waals surface area contributed by atoms with Crippen LogP contribution in [0.1, 0.15) is 22.3 Å². The second kappa shape index (κ2) is 9.76. The molecule has 0 bridgehead atoms. The number of nitrogens with one attached hydrogen (secondary N) is 2. The van der Waals surface area contributed by atoms with Crippen LogP contribution in [0.5, 0.6) is 0 Å². The number of aryl methyl sites for hydroxylation is 1. The number of morpholine rings is 1. The Balaban J connectivity index is 1.31. The number of hydrogen-bond acceptors (Lipinski definition) is 4. The molecule has 7 nitrogen and oxygen atoms in total. The Hall–Kier alpha value is -3.16. The molecule has 1 fully saturated rings. The molecule has 0 saturated carbocycles. The molecule has 162 valence electrons. The lowest BCUT2D eigenvalue weighted by Crippen LogP contribution is -2.38. The van der Waals surface area contributed by atoms with Gasteiger partial charge < -0.3 is 19.9 Å². The number of nitrogens with zero attached hydrogens (tertiary/aromatic N) is 2. The van der Waals surface area contributed by atoms with Crippen molar-refractivity contribution >= 4 is 28.4 Å². The molecule has 2 aromatic carbocycles. The zero-order valence-electron chi connectivity index (χ0n) is 17.8. The van der Waals surface area contributed by atoms with Crippen LogP contribution in [0.15, 0.2) is 54.7 Å². The van der Waals surface area contributed by atoms with Gasteiger partial charge in [0.05, 0.1) is 18.8 Å². The second-order valence-electron chi connectivity index (χ2n) is 7.81. The zero-order valence-corrected chi connectivity index (χ0v) is 17.8. The normalized spacial score (nSPS) is 14.5. The number of carbonyl (C=O) groups is 2. The number of para-hydroxylation sites is 1. The number of hydrogen-bond donors (Lipinski definition) is 2. The van der Waals surface area contributed by atoms with Gasteiger partial charge in [0.2, 0.25) is 5.91 Å². The average molecular weight is 421 g/mol. The number of anilines is 1. The van der Waals surface area contributed by atoms with Crippen molar-refractivity contribution in [1.29, 1.82) is 0 Å². The molecule has 1 aliphatic heterocycles. The zero-order chi connectivity index (χ0) is 21.6. The number of rotatable bonds is 7. The number of amides is 2. The van der Waals surface area contributed by atoms with E-state index in [0.717, 1.165) is 55.0 Å². The van der Waals surface area contributed by atoms with E-state index in [2.05, 4.69) is 15.5 Å². The van der Waals surface area contributed by atoms with Crippen molar-refractivity contribution in [2.45, 2.75) is 13.0 Å². The standard InChI is InChI=1S/C24H28N4O3/c1-27-17-21(20-7-2-3-8-22(20)27)24(30)25-16-18-5-4-6-19(15-18)26-23(29)9-10-28-11-13-31-14-12-28/h2-8,15,17H,9-14,16H2,1H3,(H,25,30)(H,26,29). The molecule has 0 unspecified atom stereocenters. The lowest BCUT2D eigenvalue weighted by molar-refractivity contribution is -0.116. The maximum Gasteiger partial charge on any atom is 0.253 e. The van der Waals surface area contributed by atoms with Gasteiger partial charge in [0.25, 0.3) is 5.91 Å². The summed E-state index contributed by atoms with van der Waals surface area (Å²) in [6.45, 7) is 4.33. The van der Waals surface area contributed by atoms with E-state index < -0.39 is 0 Å². The van der Waals surface area contributed by atoms with Gasteiger partial charge in [0.15, 0.2) is 0 Å². The van der Waals surface area contributed by atoms with E-state index in [1.165, 1.54) is 0 Å². The van der Waals surface area contributed by atoms with E-state index in [1.54, 1.807) is 0 Å². The van der Waals surface area contributed by atoms with Crippen LogP contribution in [0.4, 0.5) is 5.69 Å². The summed E-state index contributed by atoms with van der Waals surface area (Å²) in [7, 11) is 1.93. The van der Waals surface area contributed by atoms with Crippen LogP contribution in [0.25, 0.3) is 10.9 Å². The molecule has 1 aromatic heterocycles. The smallest absolute Gasteiger partial charge is 0.253 e. The first-order valence-corrected chi connectivity index (χ1v) is 10.6. The minimum atomic E-state index is -0.114. The molecule has 4 rings (SSSR count). The summed E-state index contributed by atoms with van der Waals surface area (Å²) in [5.74, 6) is -0.125. The maximum atomic E-state index is 12.7. The van der Waals surface area contributed by atoms with E-state index in [4.69, 9.17) is 4.74 Å². The van der Waals surface area contributed by atoms with E-state index in [0.29, 0.717) is 18.5 Å². The van der Waals surface area contributed by atoms with Gasteiger partial charge in [-0.05, 0) is 23.8 Å². The molecular weight excluding hydrogens is 392 g/mol. The van der Waals surface area contributed by atoms with Crippen molar-refractivity contribution in [3.05, 3.63) is 65.9 Å². The predicted molar refractivity (Wildman–Crippen MR) is 121 cm³/mol. The summed E-state index contributed by atoms with van der Waals surface area (Å²) in [6.07, 6.45) is 2.30. The Bertz CT molecular complexity index is 1070. The molecule has 2 amide bonds. The molecule has 2 N–H and O–H groups in total. The van der Waals surface area contributed by atoms with Crippen molar-refractivity contribution in [3.63, 3.8) is 0 Å². The maximum absolute atomic E-state index is 12.7. The molecule has 1 aliphatic rings. The third kappa shape index (κ3) is 5.31. The third-order valence-corrected chi connectivity index (χ3v) is 5.56. The Morgan fingerprint density at radius 1 is 1.06 bits per heavy atom. The van der Waals surface area contributed by atoms with Crippen LogP contribution in [0, 0.1) is 0 Å². The lowest BCUT2D eigenvalue weighted by Gasteiger charge is -2.26. The first-order valence-electron chi connectivity index (χ1n) is 10.6. The van der Waals surface area contributed by atoms with E-state index in [9.17, 15) is 9.59 Å². The molecule has 31 heavy (non-hydrogen) atoms. The fourth-order valence-electron chi connectivity index (χ4n) is 3.87. The Morgan fingerprint density at radius 3 is 2.71 bits per heavy atom. The van der Waals surface area contributed by atoms with Crippen molar-refractivity contribution in [3.8, 4) is 0 Å². The van der Waals surface area contributed by atoms with Gasteiger partial charge in [0, 0.05) is 62.4 Å². The average Bonchev–Trinajstić information content (AvgIpc) is 3.14. The van der Waals surface area contributed by atoms with E-state index in [1.807, 2.05) is 66.3 Å². The molecular formula is C24H28N4O3. The molecule has 3 aromatic rings. The molecule has 2 heterocycles. The molecule has 0 spiro atoms. The largest absolute Gasteiger partial charge is 0.379 e. The predicted octanol–water partition coefficient (Wildman–Crippen LogP) is 2.77. The van der Waals surface area contributed by atoms with Crippen molar-refractivity contribution in [2.75, 3.05) is 38.2 Å². The molecule has 1 saturated heterocycles. The van der Waals surface area contributed by atoms with E-state index in [-0.39, 0.29) is 11.8 Å². The van der Waals surface area contributed by atoms with Crippen LogP contribution in [-0.2, 0) is 23.1 Å². The summed E-state index contributed by atoms with van der Waals surface area (Å²) in [6, 6.07) is 15.4. The van der Waals surface area contributed by atoms with Crippen LogP contribution < -0.4 is 10.6 Å². The number of ether oxygens (including phenoxy) is 1. The second-order valence-corrected chi connectivity index (χ2v) is 7.81. The Morgan fingerprint density at radius 2 is 1.87 bits per heavy atom. The molecule has 7 heteroatoms. The number of aromatic nitrogens is 1. The SMILES string of the molecule is Cn1cc(C(=O)NCc2cccc(NC(=O)CCN3CCOCC3)c2)c2ccccc21. The Kier molecular flexibility index (Phi) is 6.64. The summed E-state index contributed by atoms with van der Waals surface area (Å²) in [5.41, 5.74) is 3.35. The fraction of sp³-hybridized carbons (Fsp3) is 0.333. The van der Waals surface area contributed by atoms with Gasteiger partial charge in [0.1, 0.15) is 0 Å². The van der Waals surface area contributed by atoms with Crippen molar-refractivity contribution in [2.24, 2.45) is 7.05 Å². The number of fused-ring (bicyclic) bond motifs is 1. The first kappa shape index (κ1) is 21.1. The Labute approximate surface area is 182 Å². The van der Waals surface area contributed by atoms with Crippen LogP contribution >= 0.6 is 0 Å². The topological polar surface area (TPSA) is 75.6 Å². The van der Waals surface area contributed by atoms with Gasteiger partial charge >= 0.3 is 0 Å². The highest BCUT2D eigenvalue weighted by Crippen LogP contribution is 2.20. The summed E-state index contributed by atoms with van der Waals surface area (Å²) in [5, 5.41) is 6.88. The summed E-state index contributed by atoms with van der Waals surface area (Å²) < 4.78 is 7.29. The van der Waals surface area contributed by atoms with Gasteiger partial charge in [-0.25, -0.2) is 0 Å². The van der Waals surface area contributed by atoms with Crippen LogP contribution in [0.2, 0.25) is 0 Å². The highest BCUT2D eigenvalue weighted by atomic mass is 16.5. The first-order chi connectivity index (χ1) is 15.1. The number of benzene rings is 2. The van der Waals surface area contributed by atoms with Crippen LogP contribution in [-0.4, -0.2) is 54.1 Å². The molecule has 0 aliphatic carbocycles. The van der Waals surface area contributed by atoms with Crippen molar-refractivity contribution < 1.29 is 14.3 Å². The third-order valence-electron chi connectivity index (χ3n) is 5.56. The van der Waals surface area contributed by atoms with Gasteiger partial charge in [-0.2, -0.15) is 0 Å². The summed E-state index contributed by atoms with van der Waals surface area (Å²) in [4.78, 5) is 27.3. The molecule has 0 radical (unpaired) electrons. The minimum Gasteiger partial charge on any atom is -0.379 e. The highest BCUT2D eigenvalue weighted by Gasteiger charge is 2.14. The number of carbonyl (C=O) groups excluding carboxylic acids is 2. The fourth-order valence-corrected chi connectivity index (χ4v) is 3.87.